The zero-order valence-corrected chi connectivity index (χ0v) is 31.0. The Labute approximate surface area is 288 Å². The van der Waals surface area contributed by atoms with Crippen molar-refractivity contribution in [1.82, 2.24) is 25.8 Å². The zero-order valence-electron chi connectivity index (χ0n) is 31.0. The molecule has 3 aliphatic rings. The van der Waals surface area contributed by atoms with Gasteiger partial charge >= 0.3 is 6.03 Å². The van der Waals surface area contributed by atoms with Gasteiger partial charge in [0.25, 0.3) is 5.91 Å². The number of aliphatic hydroxyl groups is 1. The molecular weight excluding hydrogens is 612 g/mol. The van der Waals surface area contributed by atoms with Crippen LogP contribution in [0.25, 0.3) is 0 Å². The van der Waals surface area contributed by atoms with Gasteiger partial charge in [0.2, 0.25) is 17.6 Å². The first-order chi connectivity index (χ1) is 22.1. The van der Waals surface area contributed by atoms with Crippen LogP contribution in [-0.2, 0) is 19.2 Å². The smallest absolute Gasteiger partial charge is 0.315 e. The Balaban J connectivity index is 1.82. The molecule has 0 aromatic heterocycles. The van der Waals surface area contributed by atoms with E-state index in [0.29, 0.717) is 38.9 Å². The third kappa shape index (κ3) is 10.2. The average Bonchev–Trinajstić information content (AvgIpc) is 3.45. The molecule has 2 saturated heterocycles. The summed E-state index contributed by atoms with van der Waals surface area (Å²) in [6, 6.07) is -3.55. The van der Waals surface area contributed by atoms with Crippen LogP contribution in [0.3, 0.4) is 0 Å². The van der Waals surface area contributed by atoms with Crippen LogP contribution in [0.4, 0.5) is 4.79 Å². The Morgan fingerprint density at radius 2 is 1.52 bits per heavy atom. The number of Topliss-reactive ketones (excluding diaryl/α,β-unsaturated/α-hetero) is 1. The Morgan fingerprint density at radius 3 is 2.06 bits per heavy atom. The molecule has 0 spiro atoms. The van der Waals surface area contributed by atoms with Crippen LogP contribution in [0.5, 0.6) is 0 Å². The lowest BCUT2D eigenvalue weighted by Gasteiger charge is -2.50. The SMILES string of the molecule is CC(C)CC(NC(=O)C1CCCN1C(=O)C(NC(=O)NC(CN1CCC(C)(C)CC1(C)O)C(C)(C)C)C1(C)CCCCC1)C(=O)C(N)=O. The first-order valence-corrected chi connectivity index (χ1v) is 18.1. The van der Waals surface area contributed by atoms with Gasteiger partial charge in [0.15, 0.2) is 0 Å². The minimum absolute atomic E-state index is 0.0160. The normalized spacial score (nSPS) is 26.3. The van der Waals surface area contributed by atoms with E-state index in [4.69, 9.17) is 5.73 Å². The largest absolute Gasteiger partial charge is 0.376 e. The Bertz CT molecular complexity index is 1190. The fraction of sp³-hybridized carbons (Fsp3) is 0.861. The predicted octanol–water partition coefficient (Wildman–Crippen LogP) is 3.45. The van der Waals surface area contributed by atoms with Crippen LogP contribution in [0, 0.1) is 22.2 Å². The van der Waals surface area contributed by atoms with Crippen LogP contribution >= 0.6 is 0 Å². The zero-order chi connectivity index (χ0) is 36.2. The van der Waals surface area contributed by atoms with Crippen molar-refractivity contribution in [1.29, 1.82) is 0 Å². The number of primary amides is 1. The molecular formula is C36H64N6O6. The molecule has 6 N–H and O–H groups in total. The van der Waals surface area contributed by atoms with Crippen molar-refractivity contribution in [3.05, 3.63) is 0 Å². The second-order valence-electron chi connectivity index (χ2n) is 17.5. The maximum absolute atomic E-state index is 14.5. The van der Waals surface area contributed by atoms with E-state index in [1.165, 1.54) is 4.90 Å². The van der Waals surface area contributed by atoms with Crippen molar-refractivity contribution >= 4 is 29.5 Å². The highest BCUT2D eigenvalue weighted by Crippen LogP contribution is 2.41. The van der Waals surface area contributed by atoms with Crippen molar-refractivity contribution in [2.45, 2.75) is 156 Å². The fourth-order valence-electron chi connectivity index (χ4n) is 7.95. The van der Waals surface area contributed by atoms with Gasteiger partial charge in [0.1, 0.15) is 17.8 Å². The second kappa shape index (κ2) is 15.4. The van der Waals surface area contributed by atoms with Crippen LogP contribution < -0.4 is 21.7 Å². The molecule has 2 aliphatic heterocycles. The summed E-state index contributed by atoms with van der Waals surface area (Å²) in [5.41, 5.74) is 3.41. The third-order valence-corrected chi connectivity index (χ3v) is 10.9. The van der Waals surface area contributed by atoms with Crippen LogP contribution in [0.1, 0.15) is 127 Å². The molecule has 2 heterocycles. The highest BCUT2D eigenvalue weighted by atomic mass is 16.3. The molecule has 48 heavy (non-hydrogen) atoms. The Hall–Kier alpha value is -2.73. The molecule has 0 aromatic rings. The number of rotatable bonds is 12. The van der Waals surface area contributed by atoms with Gasteiger partial charge in [0.05, 0.1) is 6.04 Å². The van der Waals surface area contributed by atoms with Gasteiger partial charge < -0.3 is 31.7 Å². The van der Waals surface area contributed by atoms with Gasteiger partial charge in [-0.2, -0.15) is 0 Å². The van der Waals surface area contributed by atoms with E-state index in [-0.39, 0.29) is 35.1 Å². The second-order valence-corrected chi connectivity index (χ2v) is 17.5. The number of ketones is 1. The van der Waals surface area contributed by atoms with Crippen molar-refractivity contribution in [2.75, 3.05) is 19.6 Å². The monoisotopic (exact) mass is 676 g/mol. The first-order valence-electron chi connectivity index (χ1n) is 18.1. The number of nitrogens with one attached hydrogen (secondary N) is 3. The summed E-state index contributed by atoms with van der Waals surface area (Å²) in [4.78, 5) is 69.8. The summed E-state index contributed by atoms with van der Waals surface area (Å²) in [6.45, 7) is 19.6. The molecule has 5 atom stereocenters. The van der Waals surface area contributed by atoms with Gasteiger partial charge in [0, 0.05) is 25.7 Å². The predicted molar refractivity (Wildman–Crippen MR) is 185 cm³/mol. The highest BCUT2D eigenvalue weighted by Gasteiger charge is 2.47. The molecule has 3 rings (SSSR count). The van der Waals surface area contributed by atoms with Crippen molar-refractivity contribution in [2.24, 2.45) is 27.9 Å². The number of nitrogens with zero attached hydrogens (tertiary/aromatic N) is 2. The Morgan fingerprint density at radius 1 is 0.896 bits per heavy atom. The van der Waals surface area contributed by atoms with Gasteiger partial charge in [-0.05, 0) is 74.0 Å². The lowest BCUT2D eigenvalue weighted by Crippen LogP contribution is -2.64. The van der Waals surface area contributed by atoms with Gasteiger partial charge in [-0.15, -0.1) is 0 Å². The molecule has 3 fully saturated rings. The van der Waals surface area contributed by atoms with Gasteiger partial charge in [-0.1, -0.05) is 74.7 Å². The summed E-state index contributed by atoms with van der Waals surface area (Å²) >= 11 is 0. The summed E-state index contributed by atoms with van der Waals surface area (Å²) in [7, 11) is 0. The highest BCUT2D eigenvalue weighted by molar-refractivity contribution is 6.37. The number of carbonyl (C=O) groups is 5. The number of carbonyl (C=O) groups excluding carboxylic acids is 5. The van der Waals surface area contributed by atoms with Crippen LogP contribution in [0.2, 0.25) is 0 Å². The first kappa shape index (κ1) is 39.7. The van der Waals surface area contributed by atoms with E-state index in [1.807, 2.05) is 32.6 Å². The molecule has 12 nitrogen and oxygen atoms in total. The number of hydrogen-bond acceptors (Lipinski definition) is 7. The number of likely N-dealkylation sites (tertiary alicyclic amines) is 2. The Kier molecular flexibility index (Phi) is 12.8. The molecule has 274 valence electrons. The van der Waals surface area contributed by atoms with Crippen molar-refractivity contribution in [3.63, 3.8) is 0 Å². The quantitative estimate of drug-likeness (QED) is 0.197. The lowest BCUT2D eigenvalue weighted by atomic mass is 9.70. The molecule has 12 heteroatoms. The van der Waals surface area contributed by atoms with E-state index in [1.54, 1.807) is 0 Å². The molecule has 0 radical (unpaired) electrons. The van der Waals surface area contributed by atoms with E-state index >= 15 is 0 Å². The summed E-state index contributed by atoms with van der Waals surface area (Å²) < 4.78 is 0. The summed E-state index contributed by atoms with van der Waals surface area (Å²) in [6.07, 6.45) is 7.24. The number of urea groups is 1. The molecule has 5 amide bonds. The van der Waals surface area contributed by atoms with Crippen molar-refractivity contribution in [3.8, 4) is 0 Å². The molecule has 1 saturated carbocycles. The van der Waals surface area contributed by atoms with Crippen LogP contribution in [0.15, 0.2) is 0 Å². The molecule has 1 aliphatic carbocycles. The molecule has 0 bridgehead atoms. The lowest BCUT2D eigenvalue weighted by molar-refractivity contribution is -0.152. The number of hydrogen-bond donors (Lipinski definition) is 5. The maximum Gasteiger partial charge on any atom is 0.315 e. The number of nitrogens with two attached hydrogens (primary N) is 1. The topological polar surface area (TPSA) is 174 Å². The molecule has 0 aromatic carbocycles. The van der Waals surface area contributed by atoms with Gasteiger partial charge in [-0.3, -0.25) is 24.1 Å². The standard InChI is InChI=1S/C36H64N6O6/c1-23(2)20-24(27(43)29(37)44)38-30(45)25-14-13-18-42(25)31(46)28(35(8)15-11-10-12-16-35)40-32(47)39-26(33(3,4)5)21-41-19-17-34(6,7)22-36(41,9)48/h23-26,28,48H,10-22H2,1-9H3,(H2,37,44)(H,38,45)(H2,39,40,47). The third-order valence-electron chi connectivity index (χ3n) is 10.9. The van der Waals surface area contributed by atoms with Gasteiger partial charge in [-0.25, -0.2) is 4.79 Å². The van der Waals surface area contributed by atoms with E-state index in [9.17, 15) is 29.1 Å². The molecule has 5 unspecified atom stereocenters. The van der Waals surface area contributed by atoms with Crippen LogP contribution in [-0.4, -0.2) is 94.0 Å². The van der Waals surface area contributed by atoms with E-state index in [2.05, 4.69) is 50.6 Å². The number of amides is 5. The average molecular weight is 677 g/mol. The summed E-state index contributed by atoms with van der Waals surface area (Å²) in [5, 5.41) is 20.3. The summed E-state index contributed by atoms with van der Waals surface area (Å²) in [5.74, 6) is -2.77. The fourth-order valence-corrected chi connectivity index (χ4v) is 7.95. The van der Waals surface area contributed by atoms with E-state index in [0.717, 1.165) is 38.5 Å². The maximum atomic E-state index is 14.5. The minimum atomic E-state index is -1.11. The minimum Gasteiger partial charge on any atom is -0.376 e. The number of piperidine rings is 1. The van der Waals surface area contributed by atoms with Crippen molar-refractivity contribution < 1.29 is 29.1 Å². The van der Waals surface area contributed by atoms with E-state index < -0.39 is 52.9 Å².